The van der Waals surface area contributed by atoms with Gasteiger partial charge >= 0.3 is 5.97 Å². The maximum absolute atomic E-state index is 10.7. The molecule has 1 N–H and O–H groups in total. The molecule has 0 radical (unpaired) electrons. The summed E-state index contributed by atoms with van der Waals surface area (Å²) in [6, 6.07) is 1.90. The van der Waals surface area contributed by atoms with E-state index < -0.39 is 5.97 Å². The smallest absolute Gasteiger partial charge is 0.317 e. The second-order valence-electron chi connectivity index (χ2n) is 3.88. The maximum Gasteiger partial charge on any atom is 0.317 e. The molecule has 19 heavy (non-hydrogen) atoms. The second kappa shape index (κ2) is 6.26. The van der Waals surface area contributed by atoms with E-state index in [4.69, 9.17) is 9.63 Å². The summed E-state index contributed by atoms with van der Waals surface area (Å²) >= 11 is 1.55. The Morgan fingerprint density at radius 1 is 1.63 bits per heavy atom. The van der Waals surface area contributed by atoms with E-state index in [1.54, 1.807) is 22.3 Å². The number of carbonyl (C=O) groups is 1. The van der Waals surface area contributed by atoms with Gasteiger partial charge in [0.05, 0.1) is 13.1 Å². The summed E-state index contributed by atoms with van der Waals surface area (Å²) in [5.74, 6) is 0.00820. The number of hydrogen-bond acceptors (Lipinski definition) is 6. The van der Waals surface area contributed by atoms with Crippen LogP contribution in [0.1, 0.15) is 5.89 Å². The SMILES string of the molecule is C=CCN(CC(=O)O)Cc1nc(-c2ccsc2)no1. The molecule has 0 atom stereocenters. The van der Waals surface area contributed by atoms with Crippen molar-refractivity contribution in [1.29, 1.82) is 0 Å². The molecule has 2 aromatic rings. The molecule has 2 heterocycles. The number of aliphatic carboxylic acids is 1. The van der Waals surface area contributed by atoms with Gasteiger partial charge in [-0.25, -0.2) is 0 Å². The van der Waals surface area contributed by atoms with Gasteiger partial charge in [0, 0.05) is 17.5 Å². The molecule has 0 amide bonds. The van der Waals surface area contributed by atoms with Crippen molar-refractivity contribution in [2.24, 2.45) is 0 Å². The van der Waals surface area contributed by atoms with Gasteiger partial charge in [0.15, 0.2) is 0 Å². The van der Waals surface area contributed by atoms with Crippen LogP contribution in [0, 0.1) is 0 Å². The zero-order valence-corrected chi connectivity index (χ0v) is 11.0. The van der Waals surface area contributed by atoms with Gasteiger partial charge in [-0.2, -0.15) is 16.3 Å². The minimum Gasteiger partial charge on any atom is -0.480 e. The molecule has 0 spiro atoms. The van der Waals surface area contributed by atoms with Crippen molar-refractivity contribution in [3.8, 4) is 11.4 Å². The first-order valence-corrected chi connectivity index (χ1v) is 6.53. The monoisotopic (exact) mass is 279 g/mol. The Bertz CT molecular complexity index is 550. The van der Waals surface area contributed by atoms with Crippen LogP contribution in [0.5, 0.6) is 0 Å². The van der Waals surface area contributed by atoms with Crippen LogP contribution in [0.2, 0.25) is 0 Å². The normalized spacial score (nSPS) is 10.8. The molecule has 0 saturated carbocycles. The zero-order chi connectivity index (χ0) is 13.7. The summed E-state index contributed by atoms with van der Waals surface area (Å²) in [6.45, 7) is 4.23. The molecule has 0 bridgehead atoms. The average molecular weight is 279 g/mol. The Morgan fingerprint density at radius 2 is 2.47 bits per heavy atom. The number of carboxylic acids is 1. The molecule has 6 nitrogen and oxygen atoms in total. The molecule has 0 aliphatic rings. The lowest BCUT2D eigenvalue weighted by Crippen LogP contribution is -2.29. The maximum atomic E-state index is 10.7. The summed E-state index contributed by atoms with van der Waals surface area (Å²) < 4.78 is 5.12. The van der Waals surface area contributed by atoms with Crippen LogP contribution >= 0.6 is 11.3 Å². The molecule has 0 saturated heterocycles. The molecule has 7 heteroatoms. The summed E-state index contributed by atoms with van der Waals surface area (Å²) in [4.78, 5) is 16.6. The molecule has 0 aliphatic heterocycles. The van der Waals surface area contributed by atoms with E-state index in [1.165, 1.54) is 0 Å². The second-order valence-corrected chi connectivity index (χ2v) is 4.66. The molecule has 100 valence electrons. The third kappa shape index (κ3) is 3.73. The average Bonchev–Trinajstić information content (AvgIpc) is 2.97. The lowest BCUT2D eigenvalue weighted by Gasteiger charge is -2.15. The van der Waals surface area contributed by atoms with Crippen molar-refractivity contribution in [3.63, 3.8) is 0 Å². The van der Waals surface area contributed by atoms with E-state index in [-0.39, 0.29) is 13.1 Å². The van der Waals surface area contributed by atoms with E-state index in [0.717, 1.165) is 5.56 Å². The Kier molecular flexibility index (Phi) is 4.43. The van der Waals surface area contributed by atoms with Crippen molar-refractivity contribution in [1.82, 2.24) is 15.0 Å². The number of thiophene rings is 1. The van der Waals surface area contributed by atoms with Gasteiger partial charge in [0.25, 0.3) is 0 Å². The molecule has 2 rings (SSSR count). The topological polar surface area (TPSA) is 79.5 Å². The van der Waals surface area contributed by atoms with Crippen LogP contribution < -0.4 is 0 Å². The molecular weight excluding hydrogens is 266 g/mol. The predicted octanol–water partition coefficient (Wildman–Crippen LogP) is 1.87. The minimum absolute atomic E-state index is 0.0951. The molecule has 0 unspecified atom stereocenters. The highest BCUT2D eigenvalue weighted by atomic mass is 32.1. The highest BCUT2D eigenvalue weighted by Crippen LogP contribution is 2.19. The van der Waals surface area contributed by atoms with Gasteiger partial charge in [-0.05, 0) is 11.4 Å². The first-order valence-electron chi connectivity index (χ1n) is 5.59. The molecule has 2 aromatic heterocycles. The quantitative estimate of drug-likeness (QED) is 0.779. The molecule has 0 fully saturated rings. The lowest BCUT2D eigenvalue weighted by atomic mass is 10.3. The van der Waals surface area contributed by atoms with Crippen molar-refractivity contribution in [2.45, 2.75) is 6.54 Å². The fraction of sp³-hybridized carbons (Fsp3) is 0.250. The van der Waals surface area contributed by atoms with Crippen molar-refractivity contribution >= 4 is 17.3 Å². The van der Waals surface area contributed by atoms with Crippen LogP contribution in [0.15, 0.2) is 34.0 Å². The van der Waals surface area contributed by atoms with Gasteiger partial charge in [0.2, 0.25) is 11.7 Å². The highest BCUT2D eigenvalue weighted by Gasteiger charge is 2.14. The predicted molar refractivity (Wildman–Crippen MR) is 70.7 cm³/mol. The van der Waals surface area contributed by atoms with Crippen LogP contribution in [0.25, 0.3) is 11.4 Å². The summed E-state index contributed by atoms with van der Waals surface area (Å²) in [6.07, 6.45) is 1.64. The molecule has 0 aromatic carbocycles. The van der Waals surface area contributed by atoms with Gasteiger partial charge < -0.3 is 9.63 Å². The largest absolute Gasteiger partial charge is 0.480 e. The fourth-order valence-corrected chi connectivity index (χ4v) is 2.21. The lowest BCUT2D eigenvalue weighted by molar-refractivity contribution is -0.138. The van der Waals surface area contributed by atoms with Crippen LogP contribution in [-0.2, 0) is 11.3 Å². The first-order chi connectivity index (χ1) is 9.19. The Hall–Kier alpha value is -1.99. The third-order valence-electron chi connectivity index (χ3n) is 2.35. The zero-order valence-electron chi connectivity index (χ0n) is 10.2. The van der Waals surface area contributed by atoms with Gasteiger partial charge in [0.1, 0.15) is 0 Å². The number of rotatable bonds is 7. The van der Waals surface area contributed by atoms with Crippen molar-refractivity contribution in [3.05, 3.63) is 35.4 Å². The van der Waals surface area contributed by atoms with E-state index in [0.29, 0.717) is 18.3 Å². The Balaban J connectivity index is 2.05. The summed E-state index contributed by atoms with van der Waals surface area (Å²) in [5.41, 5.74) is 0.897. The standard InChI is InChI=1S/C12H13N3O3S/c1-2-4-15(7-11(16)17)6-10-13-12(14-18-10)9-3-5-19-8-9/h2-3,5,8H,1,4,6-7H2,(H,16,17). The number of nitrogens with zero attached hydrogens (tertiary/aromatic N) is 3. The summed E-state index contributed by atoms with van der Waals surface area (Å²) in [5, 5.41) is 16.5. The van der Waals surface area contributed by atoms with E-state index in [9.17, 15) is 4.79 Å². The van der Waals surface area contributed by atoms with Crippen molar-refractivity contribution in [2.75, 3.05) is 13.1 Å². The van der Waals surface area contributed by atoms with Gasteiger partial charge in [-0.3, -0.25) is 9.69 Å². The number of aromatic nitrogens is 2. The van der Waals surface area contributed by atoms with Crippen LogP contribution in [0.4, 0.5) is 0 Å². The van der Waals surface area contributed by atoms with E-state index in [1.807, 2.05) is 16.8 Å². The van der Waals surface area contributed by atoms with E-state index >= 15 is 0 Å². The van der Waals surface area contributed by atoms with Gasteiger partial charge in [-0.15, -0.1) is 6.58 Å². The van der Waals surface area contributed by atoms with Crippen LogP contribution in [0.3, 0.4) is 0 Å². The van der Waals surface area contributed by atoms with E-state index in [2.05, 4.69) is 16.7 Å². The Labute approximate surface area is 114 Å². The van der Waals surface area contributed by atoms with Crippen LogP contribution in [-0.4, -0.2) is 39.2 Å². The van der Waals surface area contributed by atoms with Gasteiger partial charge in [-0.1, -0.05) is 11.2 Å². The fourth-order valence-electron chi connectivity index (χ4n) is 1.58. The summed E-state index contributed by atoms with van der Waals surface area (Å²) in [7, 11) is 0. The minimum atomic E-state index is -0.903. The Morgan fingerprint density at radius 3 is 3.11 bits per heavy atom. The highest BCUT2D eigenvalue weighted by molar-refractivity contribution is 7.08. The first kappa shape index (κ1) is 13.4. The molecular formula is C12H13N3O3S. The molecule has 0 aliphatic carbocycles. The number of hydrogen-bond donors (Lipinski definition) is 1. The number of carboxylic acid groups (broad SMARTS) is 1. The third-order valence-corrected chi connectivity index (χ3v) is 3.04. The van der Waals surface area contributed by atoms with Crippen molar-refractivity contribution < 1.29 is 14.4 Å².